The molecule has 2 aromatic rings. The molecule has 0 N–H and O–H groups in total. The third kappa shape index (κ3) is 3.88. The fraction of sp³-hybridized carbons (Fsp3) is 0.562. The van der Waals surface area contributed by atoms with Gasteiger partial charge in [-0.1, -0.05) is 0 Å². The Morgan fingerprint density at radius 2 is 2.04 bits per heavy atom. The summed E-state index contributed by atoms with van der Waals surface area (Å²) in [5, 5.41) is 4.20. The van der Waals surface area contributed by atoms with E-state index in [4.69, 9.17) is 0 Å². The van der Waals surface area contributed by atoms with Crippen LogP contribution in [0.5, 0.6) is 0 Å². The molecule has 0 spiro atoms. The van der Waals surface area contributed by atoms with Gasteiger partial charge in [-0.15, -0.1) is 0 Å². The van der Waals surface area contributed by atoms with Crippen molar-refractivity contribution in [3.8, 4) is 11.3 Å². The van der Waals surface area contributed by atoms with E-state index in [0.29, 0.717) is 19.5 Å². The molecule has 8 nitrogen and oxygen atoms in total. The van der Waals surface area contributed by atoms with Crippen molar-refractivity contribution in [1.82, 2.24) is 28.4 Å². The van der Waals surface area contributed by atoms with E-state index in [2.05, 4.69) is 15.1 Å². The molecule has 9 heteroatoms. The minimum atomic E-state index is -3.37. The molecule has 2 aromatic heterocycles. The van der Waals surface area contributed by atoms with Gasteiger partial charge in [-0.05, 0) is 25.2 Å². The molecule has 0 radical (unpaired) electrons. The zero-order valence-electron chi connectivity index (χ0n) is 14.8. The fourth-order valence-corrected chi connectivity index (χ4v) is 4.43. The molecule has 1 atom stereocenters. The van der Waals surface area contributed by atoms with Gasteiger partial charge in [-0.25, -0.2) is 0 Å². The fourth-order valence-electron chi connectivity index (χ4n) is 3.21. The van der Waals surface area contributed by atoms with Gasteiger partial charge in [0.2, 0.25) is 0 Å². The van der Waals surface area contributed by atoms with E-state index in [1.807, 2.05) is 13.2 Å². The summed E-state index contributed by atoms with van der Waals surface area (Å²) in [4.78, 5) is 8.97. The highest BCUT2D eigenvalue weighted by Gasteiger charge is 2.31. The predicted molar refractivity (Wildman–Crippen MR) is 94.8 cm³/mol. The van der Waals surface area contributed by atoms with Crippen molar-refractivity contribution in [2.45, 2.75) is 19.3 Å². The van der Waals surface area contributed by atoms with Crippen LogP contribution in [0.25, 0.3) is 11.3 Å². The van der Waals surface area contributed by atoms with Crippen LogP contribution >= 0.6 is 0 Å². The second-order valence-electron chi connectivity index (χ2n) is 6.61. The Labute approximate surface area is 148 Å². The number of hydrogen-bond donors (Lipinski definition) is 0. The van der Waals surface area contributed by atoms with Crippen molar-refractivity contribution in [1.29, 1.82) is 0 Å². The van der Waals surface area contributed by atoms with Crippen molar-refractivity contribution in [2.75, 3.05) is 27.2 Å². The molecule has 1 fully saturated rings. The van der Waals surface area contributed by atoms with Gasteiger partial charge in [-0.2, -0.15) is 22.1 Å². The van der Waals surface area contributed by atoms with Crippen LogP contribution in [0.15, 0.2) is 24.8 Å². The van der Waals surface area contributed by atoms with Gasteiger partial charge in [0, 0.05) is 58.4 Å². The molecule has 3 rings (SSSR count). The second kappa shape index (κ2) is 7.19. The lowest BCUT2D eigenvalue weighted by Gasteiger charge is -2.33. The number of rotatable bonds is 5. The first kappa shape index (κ1) is 18.0. The summed E-state index contributed by atoms with van der Waals surface area (Å²) in [5.41, 5.74) is 2.65. The Morgan fingerprint density at radius 3 is 2.72 bits per heavy atom. The van der Waals surface area contributed by atoms with E-state index in [0.717, 1.165) is 29.8 Å². The number of hydrogen-bond acceptors (Lipinski definition) is 5. The van der Waals surface area contributed by atoms with E-state index in [-0.39, 0.29) is 5.92 Å². The standard InChI is InChI=1S/C16H24N6O2S/c1-20(2)25(23,24)22-8-4-5-13(11-22)9-15-16(18-7-6-17-15)14-10-19-21(3)12-14/h6-7,10,12-13H,4-5,8-9,11H2,1-3H3/t13-/m0/s1. The molecular formula is C16H24N6O2S. The minimum Gasteiger partial charge on any atom is -0.275 e. The highest BCUT2D eigenvalue weighted by Crippen LogP contribution is 2.26. The largest absolute Gasteiger partial charge is 0.281 e. The summed E-state index contributed by atoms with van der Waals surface area (Å²) in [6, 6.07) is 0. The maximum absolute atomic E-state index is 12.4. The average Bonchev–Trinajstić information content (AvgIpc) is 3.02. The third-order valence-corrected chi connectivity index (χ3v) is 6.41. The van der Waals surface area contributed by atoms with Crippen molar-refractivity contribution in [3.05, 3.63) is 30.5 Å². The van der Waals surface area contributed by atoms with Gasteiger partial charge in [-0.3, -0.25) is 14.6 Å². The Morgan fingerprint density at radius 1 is 1.28 bits per heavy atom. The van der Waals surface area contributed by atoms with E-state index in [1.54, 1.807) is 41.7 Å². The van der Waals surface area contributed by atoms with Crippen LogP contribution in [-0.2, 0) is 23.7 Å². The van der Waals surface area contributed by atoms with Crippen LogP contribution in [0.1, 0.15) is 18.5 Å². The summed E-state index contributed by atoms with van der Waals surface area (Å²) in [6.07, 6.45) is 9.61. The van der Waals surface area contributed by atoms with Gasteiger partial charge < -0.3 is 0 Å². The molecule has 3 heterocycles. The first-order valence-corrected chi connectivity index (χ1v) is 9.74. The third-order valence-electron chi connectivity index (χ3n) is 4.50. The van der Waals surface area contributed by atoms with Crippen molar-refractivity contribution >= 4 is 10.2 Å². The molecule has 1 aliphatic rings. The number of piperidine rings is 1. The lowest BCUT2D eigenvalue weighted by Crippen LogP contribution is -2.45. The lowest BCUT2D eigenvalue weighted by atomic mass is 9.93. The monoisotopic (exact) mass is 364 g/mol. The molecule has 1 aliphatic heterocycles. The van der Waals surface area contributed by atoms with E-state index in [9.17, 15) is 8.42 Å². The molecule has 136 valence electrons. The van der Waals surface area contributed by atoms with Gasteiger partial charge >= 0.3 is 0 Å². The average molecular weight is 364 g/mol. The molecular weight excluding hydrogens is 340 g/mol. The zero-order valence-corrected chi connectivity index (χ0v) is 15.6. The summed E-state index contributed by atoms with van der Waals surface area (Å²) in [7, 11) is 1.64. The molecule has 0 aromatic carbocycles. The first-order valence-electron chi connectivity index (χ1n) is 8.34. The number of aryl methyl sites for hydroxylation is 1. The quantitative estimate of drug-likeness (QED) is 0.788. The SMILES string of the molecule is CN(C)S(=O)(=O)N1CCC[C@@H](Cc2nccnc2-c2cnn(C)c2)C1. The summed E-state index contributed by atoms with van der Waals surface area (Å²) < 4.78 is 29.4. The summed E-state index contributed by atoms with van der Waals surface area (Å²) >= 11 is 0. The molecule has 0 aliphatic carbocycles. The van der Waals surface area contributed by atoms with Gasteiger partial charge in [0.1, 0.15) is 0 Å². The highest BCUT2D eigenvalue weighted by molar-refractivity contribution is 7.86. The maximum atomic E-state index is 12.4. The van der Waals surface area contributed by atoms with E-state index in [1.165, 1.54) is 4.31 Å². The van der Waals surface area contributed by atoms with Crippen LogP contribution < -0.4 is 0 Å². The first-order chi connectivity index (χ1) is 11.9. The summed E-state index contributed by atoms with van der Waals surface area (Å²) in [5.74, 6) is 0.232. The molecule has 0 bridgehead atoms. The number of aromatic nitrogens is 4. The van der Waals surface area contributed by atoms with Crippen LogP contribution in [-0.4, -0.2) is 64.0 Å². The number of nitrogens with zero attached hydrogens (tertiary/aromatic N) is 6. The maximum Gasteiger partial charge on any atom is 0.281 e. The Hall–Kier alpha value is -1.84. The smallest absolute Gasteiger partial charge is 0.275 e. The second-order valence-corrected chi connectivity index (χ2v) is 8.76. The van der Waals surface area contributed by atoms with E-state index < -0.39 is 10.2 Å². The van der Waals surface area contributed by atoms with Crippen molar-refractivity contribution in [2.24, 2.45) is 13.0 Å². The minimum absolute atomic E-state index is 0.232. The molecule has 0 unspecified atom stereocenters. The molecule has 1 saturated heterocycles. The molecule has 0 amide bonds. The molecule has 0 saturated carbocycles. The van der Waals surface area contributed by atoms with Gasteiger partial charge in [0.05, 0.1) is 17.6 Å². The highest BCUT2D eigenvalue weighted by atomic mass is 32.2. The normalized spacial score (nSPS) is 19.4. The van der Waals surface area contributed by atoms with Crippen LogP contribution in [0, 0.1) is 5.92 Å². The van der Waals surface area contributed by atoms with Crippen LogP contribution in [0.4, 0.5) is 0 Å². The Balaban J connectivity index is 1.79. The summed E-state index contributed by atoms with van der Waals surface area (Å²) in [6.45, 7) is 1.09. The Bertz CT molecular complexity index is 833. The van der Waals surface area contributed by atoms with E-state index >= 15 is 0 Å². The van der Waals surface area contributed by atoms with Gasteiger partial charge in [0.15, 0.2) is 0 Å². The Kier molecular flexibility index (Phi) is 5.16. The van der Waals surface area contributed by atoms with Gasteiger partial charge in [0.25, 0.3) is 10.2 Å². The van der Waals surface area contributed by atoms with Crippen molar-refractivity contribution in [3.63, 3.8) is 0 Å². The zero-order chi connectivity index (χ0) is 18.0. The van der Waals surface area contributed by atoms with Crippen LogP contribution in [0.3, 0.4) is 0 Å². The van der Waals surface area contributed by atoms with Crippen molar-refractivity contribution < 1.29 is 8.42 Å². The molecule has 25 heavy (non-hydrogen) atoms. The lowest BCUT2D eigenvalue weighted by molar-refractivity contribution is 0.253. The topological polar surface area (TPSA) is 84.2 Å². The van der Waals surface area contributed by atoms with Crippen LogP contribution in [0.2, 0.25) is 0 Å². The predicted octanol–water partition coefficient (Wildman–Crippen LogP) is 0.938.